The molecular weight excluding hydrogens is 271 g/mol. The molecule has 1 aliphatic heterocycles. The normalized spacial score (nSPS) is 13.2. The summed E-state index contributed by atoms with van der Waals surface area (Å²) in [6.45, 7) is 0.838. The summed E-state index contributed by atoms with van der Waals surface area (Å²) in [5.41, 5.74) is 2.25. The Morgan fingerprint density at radius 2 is 2.05 bits per heavy atom. The van der Waals surface area contributed by atoms with E-state index in [4.69, 9.17) is 0 Å². The SMILES string of the molecule is O=C(Nc1cccc2c1NCCC2)c1c(O)cccc1F. The molecule has 0 aliphatic carbocycles. The van der Waals surface area contributed by atoms with Crippen LogP contribution in [0.5, 0.6) is 5.75 Å². The van der Waals surface area contributed by atoms with Crippen LogP contribution in [-0.2, 0) is 6.42 Å². The van der Waals surface area contributed by atoms with Crippen LogP contribution in [0, 0.1) is 5.82 Å². The van der Waals surface area contributed by atoms with Gasteiger partial charge in [-0.1, -0.05) is 18.2 Å². The number of para-hydroxylation sites is 1. The molecule has 5 heteroatoms. The number of aryl methyl sites for hydroxylation is 1. The van der Waals surface area contributed by atoms with Crippen LogP contribution in [0.1, 0.15) is 22.3 Å². The maximum Gasteiger partial charge on any atom is 0.262 e. The smallest absolute Gasteiger partial charge is 0.262 e. The Hall–Kier alpha value is -2.56. The minimum absolute atomic E-state index is 0.342. The zero-order valence-corrected chi connectivity index (χ0v) is 11.3. The fourth-order valence-electron chi connectivity index (χ4n) is 2.54. The Balaban J connectivity index is 1.92. The van der Waals surface area contributed by atoms with Gasteiger partial charge < -0.3 is 15.7 Å². The quantitative estimate of drug-likeness (QED) is 0.794. The topological polar surface area (TPSA) is 61.4 Å². The highest BCUT2D eigenvalue weighted by Gasteiger charge is 2.19. The van der Waals surface area contributed by atoms with E-state index in [1.807, 2.05) is 12.1 Å². The van der Waals surface area contributed by atoms with Gasteiger partial charge in [-0.25, -0.2) is 4.39 Å². The lowest BCUT2D eigenvalue weighted by Gasteiger charge is -2.21. The number of nitrogens with one attached hydrogen (secondary N) is 2. The van der Waals surface area contributed by atoms with E-state index in [2.05, 4.69) is 10.6 Å². The third kappa shape index (κ3) is 2.54. The lowest BCUT2D eigenvalue weighted by molar-refractivity contribution is 0.102. The van der Waals surface area contributed by atoms with E-state index in [1.165, 1.54) is 12.1 Å². The van der Waals surface area contributed by atoms with Gasteiger partial charge in [0.15, 0.2) is 0 Å². The van der Waals surface area contributed by atoms with Crippen molar-refractivity contribution in [3.63, 3.8) is 0 Å². The first-order valence-electron chi connectivity index (χ1n) is 6.81. The molecule has 0 fully saturated rings. The van der Waals surface area contributed by atoms with E-state index in [-0.39, 0.29) is 11.3 Å². The van der Waals surface area contributed by atoms with Gasteiger partial charge in [0.05, 0.1) is 11.4 Å². The molecule has 1 aliphatic rings. The van der Waals surface area contributed by atoms with Gasteiger partial charge in [0.1, 0.15) is 17.1 Å². The standard InChI is InChI=1S/C16H15FN2O2/c17-11-6-2-8-13(20)14(11)16(21)19-12-7-1-4-10-5-3-9-18-15(10)12/h1-2,4,6-8,18,20H,3,5,9H2,(H,19,21). The average molecular weight is 286 g/mol. The van der Waals surface area contributed by atoms with Gasteiger partial charge in [0.25, 0.3) is 5.91 Å². The number of phenolic OH excluding ortho intramolecular Hbond substituents is 1. The fourth-order valence-corrected chi connectivity index (χ4v) is 2.54. The molecule has 2 aromatic rings. The number of benzene rings is 2. The van der Waals surface area contributed by atoms with Crippen molar-refractivity contribution in [2.45, 2.75) is 12.8 Å². The lowest BCUT2D eigenvalue weighted by atomic mass is 10.0. The van der Waals surface area contributed by atoms with Crippen LogP contribution in [0.4, 0.5) is 15.8 Å². The van der Waals surface area contributed by atoms with Gasteiger partial charge in [0.2, 0.25) is 0 Å². The number of rotatable bonds is 2. The molecule has 0 saturated carbocycles. The third-order valence-electron chi connectivity index (χ3n) is 3.54. The zero-order valence-electron chi connectivity index (χ0n) is 11.3. The van der Waals surface area contributed by atoms with Gasteiger partial charge in [0, 0.05) is 6.54 Å². The number of phenols is 1. The minimum atomic E-state index is -0.745. The Morgan fingerprint density at radius 3 is 2.86 bits per heavy atom. The van der Waals surface area contributed by atoms with Crippen molar-refractivity contribution >= 4 is 17.3 Å². The highest BCUT2D eigenvalue weighted by molar-refractivity contribution is 6.08. The zero-order chi connectivity index (χ0) is 14.8. The monoisotopic (exact) mass is 286 g/mol. The van der Waals surface area contributed by atoms with E-state index in [1.54, 1.807) is 6.07 Å². The molecule has 3 rings (SSSR count). The second-order valence-electron chi connectivity index (χ2n) is 4.96. The molecule has 0 aromatic heterocycles. The molecule has 1 heterocycles. The number of carbonyl (C=O) groups is 1. The summed E-state index contributed by atoms with van der Waals surface area (Å²) in [6, 6.07) is 9.39. The highest BCUT2D eigenvalue weighted by atomic mass is 19.1. The summed E-state index contributed by atoms with van der Waals surface area (Å²) in [7, 11) is 0. The molecule has 2 aromatic carbocycles. The Kier molecular flexibility index (Phi) is 3.48. The fraction of sp³-hybridized carbons (Fsp3) is 0.188. The number of carbonyl (C=O) groups excluding carboxylic acids is 1. The number of hydrogen-bond donors (Lipinski definition) is 3. The van der Waals surface area contributed by atoms with Crippen LogP contribution >= 0.6 is 0 Å². The van der Waals surface area contributed by atoms with Crippen LogP contribution in [-0.4, -0.2) is 17.6 Å². The number of anilines is 2. The second kappa shape index (κ2) is 5.44. The average Bonchev–Trinajstić information content (AvgIpc) is 2.47. The van der Waals surface area contributed by atoms with Crippen LogP contribution in [0.2, 0.25) is 0 Å². The van der Waals surface area contributed by atoms with Gasteiger partial charge >= 0.3 is 0 Å². The molecule has 0 spiro atoms. The molecule has 0 unspecified atom stereocenters. The van der Waals surface area contributed by atoms with Crippen molar-refractivity contribution < 1.29 is 14.3 Å². The summed E-state index contributed by atoms with van der Waals surface area (Å²) in [5.74, 6) is -1.78. The molecule has 1 amide bonds. The Bertz CT molecular complexity index is 680. The van der Waals surface area contributed by atoms with Crippen molar-refractivity contribution in [3.8, 4) is 5.75 Å². The largest absolute Gasteiger partial charge is 0.507 e. The first kappa shape index (κ1) is 13.4. The van der Waals surface area contributed by atoms with Crippen LogP contribution < -0.4 is 10.6 Å². The molecular formula is C16H15FN2O2. The summed E-state index contributed by atoms with van der Waals surface area (Å²) >= 11 is 0. The summed E-state index contributed by atoms with van der Waals surface area (Å²) < 4.78 is 13.7. The molecule has 21 heavy (non-hydrogen) atoms. The van der Waals surface area contributed by atoms with Gasteiger partial charge in [-0.15, -0.1) is 0 Å². The predicted octanol–water partition coefficient (Wildman–Crippen LogP) is 3.14. The van der Waals surface area contributed by atoms with Gasteiger partial charge in [-0.2, -0.15) is 0 Å². The number of fused-ring (bicyclic) bond motifs is 1. The second-order valence-corrected chi connectivity index (χ2v) is 4.96. The molecule has 0 radical (unpaired) electrons. The maximum absolute atomic E-state index is 13.7. The lowest BCUT2D eigenvalue weighted by Crippen LogP contribution is -2.18. The molecule has 0 bridgehead atoms. The third-order valence-corrected chi connectivity index (χ3v) is 3.54. The van der Waals surface area contributed by atoms with E-state index in [0.717, 1.165) is 36.7 Å². The number of aromatic hydroxyl groups is 1. The van der Waals surface area contributed by atoms with E-state index >= 15 is 0 Å². The Morgan fingerprint density at radius 1 is 1.24 bits per heavy atom. The van der Waals surface area contributed by atoms with Gasteiger partial charge in [-0.05, 0) is 36.6 Å². The van der Waals surface area contributed by atoms with E-state index in [9.17, 15) is 14.3 Å². The van der Waals surface area contributed by atoms with E-state index < -0.39 is 11.7 Å². The molecule has 108 valence electrons. The Labute approximate surface area is 121 Å². The first-order valence-corrected chi connectivity index (χ1v) is 6.81. The van der Waals surface area contributed by atoms with Crippen molar-refractivity contribution in [2.75, 3.05) is 17.2 Å². The number of amides is 1. The first-order chi connectivity index (χ1) is 10.2. The molecule has 3 N–H and O–H groups in total. The number of halogens is 1. The highest BCUT2D eigenvalue weighted by Crippen LogP contribution is 2.31. The molecule has 0 saturated heterocycles. The van der Waals surface area contributed by atoms with Crippen molar-refractivity contribution in [2.24, 2.45) is 0 Å². The van der Waals surface area contributed by atoms with E-state index in [0.29, 0.717) is 5.69 Å². The summed E-state index contributed by atoms with van der Waals surface area (Å²) in [6.07, 6.45) is 1.98. The number of hydrogen-bond acceptors (Lipinski definition) is 3. The van der Waals surface area contributed by atoms with Crippen molar-refractivity contribution in [1.82, 2.24) is 0 Å². The van der Waals surface area contributed by atoms with Crippen LogP contribution in [0.3, 0.4) is 0 Å². The summed E-state index contributed by atoms with van der Waals surface area (Å²) in [5, 5.41) is 15.6. The van der Waals surface area contributed by atoms with Crippen LogP contribution in [0.15, 0.2) is 36.4 Å². The van der Waals surface area contributed by atoms with Crippen LogP contribution in [0.25, 0.3) is 0 Å². The minimum Gasteiger partial charge on any atom is -0.507 e. The van der Waals surface area contributed by atoms with Crippen molar-refractivity contribution in [1.29, 1.82) is 0 Å². The summed E-state index contributed by atoms with van der Waals surface area (Å²) in [4.78, 5) is 12.2. The molecule has 4 nitrogen and oxygen atoms in total. The molecule has 0 atom stereocenters. The predicted molar refractivity (Wildman–Crippen MR) is 79.3 cm³/mol. The maximum atomic E-state index is 13.7. The van der Waals surface area contributed by atoms with Crippen molar-refractivity contribution in [3.05, 3.63) is 53.3 Å². The van der Waals surface area contributed by atoms with Gasteiger partial charge in [-0.3, -0.25) is 4.79 Å².